The number of hydrogen-bond donors (Lipinski definition) is 2. The third-order valence-corrected chi connectivity index (χ3v) is 8.92. The molecular weight excluding hydrogens is 762 g/mol. The molecule has 1 aliphatic heterocycles. The fourth-order valence-corrected chi connectivity index (χ4v) is 5.47. The number of nitrogens with zero attached hydrogens (tertiary/aromatic N) is 2. The molecule has 0 radical (unpaired) electrons. The van der Waals surface area contributed by atoms with Gasteiger partial charge in [-0.3, -0.25) is 29.1 Å². The van der Waals surface area contributed by atoms with Gasteiger partial charge in [0.05, 0.1) is 33.5 Å². The lowest BCUT2D eigenvalue weighted by Crippen LogP contribution is -2.65. The molecule has 2 N–H and O–H groups in total. The summed E-state index contributed by atoms with van der Waals surface area (Å²) in [7, 11) is 0. The minimum atomic E-state index is -1.74. The molecule has 4 rings (SSSR count). The molecule has 0 saturated carbocycles. The standard InChI is InChI=1S/C44H59N3O12/c1-41(2,3)37(50)54-24-28-31(56-38(51)42(4,5)6)32(57-39(52)43(7,8)9)33(58-40(53)44(10,11)12)36(55-28)59-35-30-27(22-23-45-34(30)46-47-35)21-20-26-18-16-25(17-19-26)14-13-15-29(48)49/h13-14,16-19,22-23,28,31-33,36H,15,20-21,24H2,1-12H3,(H,48,49)(H,45,46,47)/b14-13+/t28-,31-,32+,33-,36?/m1/s1/i1D,4D,7D,10D. The zero-order valence-electron chi connectivity index (χ0n) is 39.0. The van der Waals surface area contributed by atoms with Crippen molar-refractivity contribution < 1.29 is 63.0 Å². The zero-order chi connectivity index (χ0) is 46.9. The minimum absolute atomic E-state index is 0.0637. The molecule has 0 bridgehead atoms. The van der Waals surface area contributed by atoms with Crippen LogP contribution in [-0.4, -0.2) is 87.4 Å². The van der Waals surface area contributed by atoms with Crippen LogP contribution in [0.25, 0.3) is 17.1 Å². The van der Waals surface area contributed by atoms with Gasteiger partial charge in [0.2, 0.25) is 18.3 Å². The Morgan fingerprint density at radius 1 is 0.780 bits per heavy atom. The van der Waals surface area contributed by atoms with E-state index >= 15 is 0 Å². The van der Waals surface area contributed by atoms with Crippen molar-refractivity contribution in [3.05, 3.63) is 59.3 Å². The van der Waals surface area contributed by atoms with Gasteiger partial charge in [-0.25, -0.2) is 4.98 Å². The molecule has 1 aromatic carbocycles. The predicted octanol–water partition coefficient (Wildman–Crippen LogP) is 6.80. The number of aromatic amines is 1. The second-order valence-electron chi connectivity index (χ2n) is 17.4. The molecular formula is C44H59N3O12. The third kappa shape index (κ3) is 12.6. The first-order valence-electron chi connectivity index (χ1n) is 21.9. The average molecular weight is 826 g/mol. The fourth-order valence-electron chi connectivity index (χ4n) is 5.47. The SMILES string of the molecule is [2H]CC(C)(C)C(=O)OC[C@H]1OC(Oc2n[nH]c3nccc(CCc4ccc(/C=C/CC(=O)O)cc4)c23)[C@H](OC(=O)C(C)(C)C[2H])[C@@H](OC(=O)C(C)(C)C[2H])[C@@H]1OC(=O)C(C)(C)C[2H]. The summed E-state index contributed by atoms with van der Waals surface area (Å²) in [5.74, 6) is -4.55. The van der Waals surface area contributed by atoms with Crippen molar-refractivity contribution in [2.75, 3.05) is 6.61 Å². The van der Waals surface area contributed by atoms with Gasteiger partial charge < -0.3 is 33.5 Å². The van der Waals surface area contributed by atoms with Gasteiger partial charge in [0.1, 0.15) is 12.7 Å². The van der Waals surface area contributed by atoms with Crippen LogP contribution in [0.3, 0.4) is 0 Å². The first kappa shape index (κ1) is 40.5. The summed E-state index contributed by atoms with van der Waals surface area (Å²) in [4.78, 5) is 70.0. The van der Waals surface area contributed by atoms with Crippen molar-refractivity contribution >= 4 is 47.0 Å². The van der Waals surface area contributed by atoms with Crippen molar-refractivity contribution in [1.82, 2.24) is 15.2 Å². The summed E-state index contributed by atoms with van der Waals surface area (Å²) < 4.78 is 68.6. The minimum Gasteiger partial charge on any atom is -0.481 e. The van der Waals surface area contributed by atoms with Gasteiger partial charge in [0.15, 0.2) is 17.9 Å². The molecule has 15 nitrogen and oxygen atoms in total. The Hall–Kier alpha value is -5.31. The number of rotatable bonds is 13. The molecule has 0 amide bonds. The lowest BCUT2D eigenvalue weighted by atomic mass is 9.93. The van der Waals surface area contributed by atoms with Crippen molar-refractivity contribution in [3.8, 4) is 5.88 Å². The van der Waals surface area contributed by atoms with Gasteiger partial charge in [-0.1, -0.05) is 36.4 Å². The van der Waals surface area contributed by atoms with E-state index in [0.29, 0.717) is 23.9 Å². The largest absolute Gasteiger partial charge is 0.481 e. The second kappa shape index (κ2) is 18.3. The highest BCUT2D eigenvalue weighted by atomic mass is 16.7. The van der Waals surface area contributed by atoms with Crippen molar-refractivity contribution in [1.29, 1.82) is 0 Å². The molecule has 1 fully saturated rings. The van der Waals surface area contributed by atoms with Gasteiger partial charge in [-0.2, -0.15) is 0 Å². The molecule has 322 valence electrons. The van der Waals surface area contributed by atoms with Gasteiger partial charge in [-0.05, 0) is 119 Å². The van der Waals surface area contributed by atoms with Crippen molar-refractivity contribution in [2.24, 2.45) is 21.7 Å². The van der Waals surface area contributed by atoms with E-state index in [1.165, 1.54) is 55.4 Å². The maximum Gasteiger partial charge on any atom is 0.311 e. The van der Waals surface area contributed by atoms with Crippen LogP contribution in [0.4, 0.5) is 0 Å². The van der Waals surface area contributed by atoms with E-state index in [-0.39, 0.29) is 19.2 Å². The number of carbonyl (C=O) groups is 5. The highest BCUT2D eigenvalue weighted by Crippen LogP contribution is 2.36. The highest BCUT2D eigenvalue weighted by molar-refractivity contribution is 5.84. The van der Waals surface area contributed by atoms with Crippen LogP contribution < -0.4 is 4.74 Å². The molecule has 1 aliphatic rings. The van der Waals surface area contributed by atoms with Gasteiger partial charge in [-0.15, -0.1) is 5.10 Å². The first-order chi connectivity index (χ1) is 29.5. The molecule has 3 heterocycles. The molecule has 59 heavy (non-hydrogen) atoms. The van der Waals surface area contributed by atoms with Gasteiger partial charge >= 0.3 is 29.8 Å². The monoisotopic (exact) mass is 825 g/mol. The number of aliphatic carboxylic acids is 1. The predicted molar refractivity (Wildman–Crippen MR) is 217 cm³/mol. The number of carboxylic acids is 1. The Bertz CT molecular complexity index is 2120. The molecule has 0 aliphatic carbocycles. The smallest absolute Gasteiger partial charge is 0.311 e. The summed E-state index contributed by atoms with van der Waals surface area (Å²) in [5.41, 5.74) is -2.61. The Morgan fingerprint density at radius 2 is 1.34 bits per heavy atom. The number of carboxylic acid groups (broad SMARTS) is 1. The van der Waals surface area contributed by atoms with Crippen LogP contribution in [-0.2, 0) is 60.5 Å². The van der Waals surface area contributed by atoms with Crippen LogP contribution in [0, 0.1) is 21.7 Å². The summed E-state index contributed by atoms with van der Waals surface area (Å²) in [6.07, 6.45) is -2.54. The van der Waals surface area contributed by atoms with Crippen LogP contribution in [0.5, 0.6) is 5.88 Å². The lowest BCUT2D eigenvalue weighted by Gasteiger charge is -2.45. The van der Waals surface area contributed by atoms with E-state index in [9.17, 15) is 24.0 Å². The Balaban J connectivity index is 1.83. The average Bonchev–Trinajstić information content (AvgIpc) is 3.66. The summed E-state index contributed by atoms with van der Waals surface area (Å²) in [6, 6.07) is 9.38. The van der Waals surface area contributed by atoms with E-state index in [2.05, 4.69) is 15.2 Å². The van der Waals surface area contributed by atoms with E-state index in [0.717, 1.165) is 16.7 Å². The van der Waals surface area contributed by atoms with E-state index in [1.807, 2.05) is 24.3 Å². The van der Waals surface area contributed by atoms with Crippen molar-refractivity contribution in [2.45, 2.75) is 133 Å². The number of ether oxygens (including phenoxy) is 6. The quantitative estimate of drug-likeness (QED) is 0.135. The van der Waals surface area contributed by atoms with Crippen molar-refractivity contribution in [3.63, 3.8) is 0 Å². The lowest BCUT2D eigenvalue weighted by molar-refractivity contribution is -0.294. The third-order valence-electron chi connectivity index (χ3n) is 8.92. The maximum atomic E-state index is 13.9. The molecule has 15 heteroatoms. The number of esters is 4. The number of aryl methyl sites for hydroxylation is 2. The second-order valence-corrected chi connectivity index (χ2v) is 17.4. The molecule has 1 unspecified atom stereocenters. The molecule has 2 aromatic heterocycles. The number of fused-ring (bicyclic) bond motifs is 1. The molecule has 1 saturated heterocycles. The van der Waals surface area contributed by atoms with E-state index in [4.69, 9.17) is 39.0 Å². The highest BCUT2D eigenvalue weighted by Gasteiger charge is 2.56. The van der Waals surface area contributed by atoms with Gasteiger partial charge in [0.25, 0.3) is 0 Å². The fraction of sp³-hybridized carbons (Fsp3) is 0.568. The van der Waals surface area contributed by atoms with Crippen LogP contribution >= 0.6 is 0 Å². The molecule has 5 atom stereocenters. The number of H-pyrrole nitrogens is 1. The Morgan fingerprint density at radius 3 is 1.92 bits per heavy atom. The van der Waals surface area contributed by atoms with Crippen LogP contribution in [0.1, 0.15) is 112 Å². The number of benzene rings is 1. The maximum absolute atomic E-state index is 13.9. The van der Waals surface area contributed by atoms with Crippen LogP contribution in [0.2, 0.25) is 0 Å². The summed E-state index contributed by atoms with van der Waals surface area (Å²) >= 11 is 0. The number of aromatic nitrogens is 3. The summed E-state index contributed by atoms with van der Waals surface area (Å²) in [6.45, 7) is 9.62. The number of nitrogens with one attached hydrogen (secondary N) is 1. The summed E-state index contributed by atoms with van der Waals surface area (Å²) in [5, 5.41) is 16.6. The van der Waals surface area contributed by atoms with Crippen LogP contribution in [0.15, 0.2) is 42.6 Å². The normalized spacial score (nSPS) is 21.1. The number of hydrogen-bond acceptors (Lipinski definition) is 13. The van der Waals surface area contributed by atoms with E-state index in [1.54, 1.807) is 24.4 Å². The van der Waals surface area contributed by atoms with Gasteiger partial charge in [0, 0.05) is 11.7 Å². The molecule has 0 spiro atoms. The Kier molecular flexibility index (Phi) is 12.6. The number of pyridine rings is 1. The number of carbonyl (C=O) groups excluding carboxylic acids is 4. The topological polar surface area (TPSA) is 203 Å². The zero-order valence-corrected chi connectivity index (χ0v) is 35.0. The van der Waals surface area contributed by atoms with E-state index < -0.39 is 110 Å². The first-order valence-corrected chi connectivity index (χ1v) is 19.1. The Labute approximate surface area is 351 Å². The molecule has 3 aromatic rings.